The van der Waals surface area contributed by atoms with Crippen molar-refractivity contribution in [3.63, 3.8) is 0 Å². The molecule has 2 nitrogen and oxygen atoms in total. The van der Waals surface area contributed by atoms with E-state index in [-0.39, 0.29) is 25.9 Å². The SMILES string of the molecule is Cc1nn(-c2[c-]cc(F)cc2)c(C)c1C.[Ir]. The van der Waals surface area contributed by atoms with Crippen LogP contribution < -0.4 is 0 Å². The predicted molar refractivity (Wildman–Crippen MR) is 56.6 cm³/mol. The molecule has 0 saturated heterocycles. The second-order valence-corrected chi connectivity index (χ2v) is 3.60. The fraction of sp³-hybridized carbons (Fsp3) is 0.250. The van der Waals surface area contributed by atoms with E-state index in [1.54, 1.807) is 10.7 Å². The quantitative estimate of drug-likeness (QED) is 0.679. The van der Waals surface area contributed by atoms with Gasteiger partial charge in [-0.05, 0) is 32.0 Å². The molecule has 0 spiro atoms. The van der Waals surface area contributed by atoms with Crippen molar-refractivity contribution in [1.82, 2.24) is 9.78 Å². The largest absolute Gasteiger partial charge is 0.284 e. The smallest absolute Gasteiger partial charge is 0.0629 e. The number of aryl methyl sites for hydroxylation is 1. The Bertz CT molecular complexity index is 488. The first-order chi connectivity index (χ1) is 7.09. The summed E-state index contributed by atoms with van der Waals surface area (Å²) in [6, 6.07) is 7.27. The Labute approximate surface area is 108 Å². The van der Waals surface area contributed by atoms with Gasteiger partial charge >= 0.3 is 0 Å². The minimum atomic E-state index is -0.281. The summed E-state index contributed by atoms with van der Waals surface area (Å²) in [7, 11) is 0. The van der Waals surface area contributed by atoms with Crippen molar-refractivity contribution >= 4 is 0 Å². The topological polar surface area (TPSA) is 17.8 Å². The van der Waals surface area contributed by atoms with E-state index < -0.39 is 0 Å². The third-order valence-electron chi connectivity index (χ3n) is 2.64. The van der Waals surface area contributed by atoms with Gasteiger partial charge in [-0.2, -0.15) is 11.2 Å². The maximum atomic E-state index is 12.7. The zero-order chi connectivity index (χ0) is 11.0. The molecule has 1 aromatic carbocycles. The van der Waals surface area contributed by atoms with Crippen molar-refractivity contribution in [2.75, 3.05) is 0 Å². The number of benzene rings is 1. The number of hydrogen-bond donors (Lipinski definition) is 0. The number of halogens is 1. The van der Waals surface area contributed by atoms with Crippen LogP contribution in [0, 0.1) is 32.7 Å². The van der Waals surface area contributed by atoms with E-state index in [9.17, 15) is 4.39 Å². The first-order valence-electron chi connectivity index (χ1n) is 4.80. The normalized spacial score (nSPS) is 10.0. The van der Waals surface area contributed by atoms with Gasteiger partial charge in [0, 0.05) is 31.6 Å². The summed E-state index contributed by atoms with van der Waals surface area (Å²) in [5.74, 6) is -0.281. The molecule has 2 rings (SSSR count). The van der Waals surface area contributed by atoms with Crippen molar-refractivity contribution in [3.8, 4) is 5.69 Å². The fourth-order valence-electron chi connectivity index (χ4n) is 1.48. The molecule has 0 atom stereocenters. The van der Waals surface area contributed by atoms with Crippen LogP contribution in [0.5, 0.6) is 0 Å². The van der Waals surface area contributed by atoms with Crippen molar-refractivity contribution in [1.29, 1.82) is 0 Å². The molecule has 0 N–H and O–H groups in total. The Balaban J connectivity index is 0.00000128. The molecule has 1 radical (unpaired) electrons. The summed E-state index contributed by atoms with van der Waals surface area (Å²) < 4.78 is 14.5. The maximum absolute atomic E-state index is 12.7. The summed E-state index contributed by atoms with van der Waals surface area (Å²) >= 11 is 0. The van der Waals surface area contributed by atoms with Crippen molar-refractivity contribution in [2.24, 2.45) is 0 Å². The van der Waals surface area contributed by atoms with Crippen LogP contribution in [-0.2, 0) is 20.1 Å². The number of rotatable bonds is 1. The van der Waals surface area contributed by atoms with Crippen LogP contribution in [0.4, 0.5) is 4.39 Å². The molecule has 0 amide bonds. The van der Waals surface area contributed by atoms with Crippen LogP contribution in [0.25, 0.3) is 5.69 Å². The Morgan fingerprint density at radius 1 is 1.25 bits per heavy atom. The minimum absolute atomic E-state index is 0. The van der Waals surface area contributed by atoms with Gasteiger partial charge < -0.3 is 0 Å². The van der Waals surface area contributed by atoms with Gasteiger partial charge in [0.15, 0.2) is 0 Å². The molecule has 0 aliphatic rings. The predicted octanol–water partition coefficient (Wildman–Crippen LogP) is 2.73. The standard InChI is InChI=1S/C12H12FN2.Ir/c1-8-9(2)14-15(10(8)3)12-6-4-11(13)5-7-12;/h4-6H,1-3H3;/q-1;. The molecule has 0 aliphatic carbocycles. The van der Waals surface area contributed by atoms with Crippen molar-refractivity contribution in [3.05, 3.63) is 47.0 Å². The Kier molecular flexibility index (Phi) is 4.00. The van der Waals surface area contributed by atoms with E-state index >= 15 is 0 Å². The average molecular weight is 395 g/mol. The van der Waals surface area contributed by atoms with E-state index in [1.165, 1.54) is 12.1 Å². The number of nitrogens with zero attached hydrogens (tertiary/aromatic N) is 2. The van der Waals surface area contributed by atoms with E-state index in [4.69, 9.17) is 0 Å². The summed E-state index contributed by atoms with van der Waals surface area (Å²) in [6.45, 7) is 5.98. The van der Waals surface area contributed by atoms with Crippen molar-refractivity contribution in [2.45, 2.75) is 20.8 Å². The van der Waals surface area contributed by atoms with Crippen LogP contribution in [0.2, 0.25) is 0 Å². The minimum Gasteiger partial charge on any atom is -0.284 e. The van der Waals surface area contributed by atoms with Gasteiger partial charge in [0.1, 0.15) is 0 Å². The Hall–Kier alpha value is -0.991. The van der Waals surface area contributed by atoms with Crippen LogP contribution in [0.1, 0.15) is 17.0 Å². The van der Waals surface area contributed by atoms with Gasteiger partial charge in [-0.15, -0.1) is 18.2 Å². The molecule has 0 saturated carbocycles. The van der Waals surface area contributed by atoms with E-state index in [0.717, 1.165) is 22.6 Å². The van der Waals surface area contributed by atoms with Gasteiger partial charge in [0.05, 0.1) is 5.69 Å². The number of hydrogen-bond acceptors (Lipinski definition) is 1. The van der Waals surface area contributed by atoms with Crippen LogP contribution in [0.3, 0.4) is 0 Å². The second kappa shape index (κ2) is 4.89. The summed E-state index contributed by atoms with van der Waals surface area (Å²) in [6.07, 6.45) is 0. The van der Waals surface area contributed by atoms with Gasteiger partial charge in [-0.3, -0.25) is 9.07 Å². The van der Waals surface area contributed by atoms with Crippen LogP contribution in [-0.4, -0.2) is 9.78 Å². The summed E-state index contributed by atoms with van der Waals surface area (Å²) in [5, 5.41) is 4.37. The first kappa shape index (κ1) is 13.1. The average Bonchev–Trinajstić information content (AvgIpc) is 2.47. The molecular formula is C12H12FIrN2-. The molecule has 1 aromatic heterocycles. The molecule has 16 heavy (non-hydrogen) atoms. The van der Waals surface area contributed by atoms with Gasteiger partial charge in [0.25, 0.3) is 0 Å². The number of aromatic nitrogens is 2. The third kappa shape index (κ3) is 2.23. The molecule has 0 aliphatic heterocycles. The fourth-order valence-corrected chi connectivity index (χ4v) is 1.48. The zero-order valence-corrected chi connectivity index (χ0v) is 11.7. The van der Waals surface area contributed by atoms with Crippen LogP contribution >= 0.6 is 0 Å². The molecule has 4 heteroatoms. The molecule has 2 aromatic rings. The first-order valence-corrected chi connectivity index (χ1v) is 4.80. The molecule has 0 bridgehead atoms. The Morgan fingerprint density at radius 3 is 2.38 bits per heavy atom. The third-order valence-corrected chi connectivity index (χ3v) is 2.64. The molecule has 1 heterocycles. The van der Waals surface area contributed by atoms with E-state index in [0.29, 0.717) is 0 Å². The maximum Gasteiger partial charge on any atom is 0.0629 e. The monoisotopic (exact) mass is 396 g/mol. The Morgan fingerprint density at radius 2 is 1.94 bits per heavy atom. The van der Waals surface area contributed by atoms with Crippen LogP contribution in [0.15, 0.2) is 18.2 Å². The molecule has 87 valence electrons. The zero-order valence-electron chi connectivity index (χ0n) is 9.34. The summed E-state index contributed by atoms with van der Waals surface area (Å²) in [5.41, 5.74) is 3.98. The van der Waals surface area contributed by atoms with Gasteiger partial charge in [-0.25, -0.2) is 0 Å². The van der Waals surface area contributed by atoms with Gasteiger partial charge in [-0.1, -0.05) is 0 Å². The summed E-state index contributed by atoms with van der Waals surface area (Å²) in [4.78, 5) is 0. The second-order valence-electron chi connectivity index (χ2n) is 3.60. The van der Waals surface area contributed by atoms with Crippen molar-refractivity contribution < 1.29 is 24.5 Å². The van der Waals surface area contributed by atoms with Gasteiger partial charge in [0.2, 0.25) is 0 Å². The van der Waals surface area contributed by atoms with E-state index in [2.05, 4.69) is 11.2 Å². The van der Waals surface area contributed by atoms with E-state index in [1.807, 2.05) is 20.8 Å². The molecule has 0 fully saturated rings. The molecular weight excluding hydrogens is 383 g/mol. The molecule has 0 unspecified atom stereocenters.